The van der Waals surface area contributed by atoms with Crippen molar-refractivity contribution in [2.75, 3.05) is 0 Å². The van der Waals surface area contributed by atoms with Crippen molar-refractivity contribution >= 4 is 23.7 Å². The van der Waals surface area contributed by atoms with Crippen LogP contribution < -0.4 is 0 Å². The summed E-state index contributed by atoms with van der Waals surface area (Å²) in [6.07, 6.45) is -3.92. The molecule has 2 aliphatic heterocycles. The Kier molecular flexibility index (Phi) is 6.96. The molecule has 6 fully saturated rings. The van der Waals surface area contributed by atoms with Gasteiger partial charge in [0.05, 0.1) is 11.5 Å². The molecule has 0 spiro atoms. The highest BCUT2D eigenvalue weighted by Crippen LogP contribution is 2.77. The molecule has 2 heterocycles. The Bertz CT molecular complexity index is 1550. The minimum Gasteiger partial charge on any atom is -0.463 e. The second kappa shape index (κ2) is 9.92. The minimum atomic E-state index is -2.15. The molecule has 48 heavy (non-hydrogen) atoms. The largest absolute Gasteiger partial charge is 0.463 e. The van der Waals surface area contributed by atoms with E-state index in [4.69, 9.17) is 23.7 Å². The van der Waals surface area contributed by atoms with E-state index in [0.717, 1.165) is 0 Å². The van der Waals surface area contributed by atoms with Crippen molar-refractivity contribution in [3.8, 4) is 0 Å². The van der Waals surface area contributed by atoms with E-state index in [2.05, 4.69) is 6.58 Å². The zero-order valence-electron chi connectivity index (χ0n) is 29.0. The monoisotopic (exact) mass is 672 g/mol. The Morgan fingerprint density at radius 3 is 2.06 bits per heavy atom. The number of carbonyl (C=O) groups excluding carboxylic acids is 4. The molecule has 18 atom stereocenters. The summed E-state index contributed by atoms with van der Waals surface area (Å²) in [4.78, 5) is 53.2. The van der Waals surface area contributed by atoms with Crippen molar-refractivity contribution in [1.82, 2.24) is 0 Å². The first kappa shape index (κ1) is 33.7. The Morgan fingerprint density at radius 2 is 1.48 bits per heavy atom. The summed E-state index contributed by atoms with van der Waals surface area (Å²) in [5.41, 5.74) is -7.47. The Hall–Kier alpha value is -2.80. The molecule has 0 amide bonds. The highest BCUT2D eigenvalue weighted by atomic mass is 16.6. The van der Waals surface area contributed by atoms with E-state index in [1.807, 2.05) is 33.8 Å². The number of fused-ring (bicyclic) bond motifs is 10. The maximum atomic E-state index is 14.5. The van der Waals surface area contributed by atoms with Crippen LogP contribution in [0, 0.1) is 57.7 Å². The van der Waals surface area contributed by atoms with Crippen LogP contribution in [0.15, 0.2) is 24.2 Å². The first-order valence-electron chi connectivity index (χ1n) is 17.1. The molecule has 4 saturated carbocycles. The van der Waals surface area contributed by atoms with Crippen molar-refractivity contribution in [3.05, 3.63) is 24.2 Å². The van der Waals surface area contributed by atoms with Crippen molar-refractivity contribution in [2.24, 2.45) is 57.7 Å². The van der Waals surface area contributed by atoms with Gasteiger partial charge in [-0.2, -0.15) is 0 Å². The van der Waals surface area contributed by atoms with Gasteiger partial charge in [0.25, 0.3) is 0 Å². The van der Waals surface area contributed by atoms with Gasteiger partial charge in [-0.05, 0) is 43.6 Å². The summed E-state index contributed by atoms with van der Waals surface area (Å²) in [6.45, 7) is 18.9. The van der Waals surface area contributed by atoms with Crippen LogP contribution in [0.5, 0.6) is 0 Å². The first-order valence-corrected chi connectivity index (χ1v) is 17.1. The van der Waals surface area contributed by atoms with Gasteiger partial charge in [0, 0.05) is 55.8 Å². The van der Waals surface area contributed by atoms with Gasteiger partial charge in [-0.3, -0.25) is 19.2 Å². The van der Waals surface area contributed by atoms with Crippen LogP contribution in [0.1, 0.15) is 68.7 Å². The number of ketones is 1. The smallest absolute Gasteiger partial charge is 0.303 e. The molecule has 3 N–H and O–H groups in total. The summed E-state index contributed by atoms with van der Waals surface area (Å²) in [5, 5.41) is 36.8. The standard InChI is InChI=1S/C36H48O12/c1-13-11-20-33(8,35(10,42)15(3)44-20)25-22(13)32(7)24(28(25)45-16(4)37)21-23(14(2)30(32)46-17(5)38)34(9)31(47-18(6)39)27-19(48-27)12-36(34,43)29(41)26(21)40/h11,13-14,19,21-28,30-31,40,42-43H,3,12H2,1-2,4-10H3/t13-,14+,19+,21-,22+,23?,24-,25+,26-,27+,28-,30+,31+,32-,33+,34+,35-,36+/m1/s1. The molecule has 7 rings (SSSR count). The third kappa shape index (κ3) is 3.70. The van der Waals surface area contributed by atoms with Gasteiger partial charge < -0.3 is 39.0 Å². The van der Waals surface area contributed by atoms with E-state index < -0.39 is 123 Å². The predicted molar refractivity (Wildman–Crippen MR) is 165 cm³/mol. The molecule has 12 heteroatoms. The number of hydrogen-bond donors (Lipinski definition) is 3. The maximum absolute atomic E-state index is 14.5. The first-order chi connectivity index (χ1) is 22.1. The zero-order valence-corrected chi connectivity index (χ0v) is 29.0. The lowest BCUT2D eigenvalue weighted by atomic mass is 9.38. The molecule has 12 nitrogen and oxygen atoms in total. The molecule has 0 bridgehead atoms. The van der Waals surface area contributed by atoms with E-state index in [1.165, 1.54) is 20.8 Å². The Morgan fingerprint density at radius 1 is 0.896 bits per heavy atom. The van der Waals surface area contributed by atoms with Crippen LogP contribution in [0.3, 0.4) is 0 Å². The number of aliphatic hydroxyl groups excluding tert-OH is 1. The van der Waals surface area contributed by atoms with E-state index >= 15 is 0 Å². The van der Waals surface area contributed by atoms with Crippen LogP contribution in [0.2, 0.25) is 0 Å². The molecular formula is C36H48O12. The van der Waals surface area contributed by atoms with E-state index in [0.29, 0.717) is 5.76 Å². The third-order valence-electron chi connectivity index (χ3n) is 14.5. The summed E-state index contributed by atoms with van der Waals surface area (Å²) >= 11 is 0. The molecule has 2 saturated heterocycles. The fourth-order valence-electron chi connectivity index (χ4n) is 12.6. The number of aliphatic hydroxyl groups is 3. The van der Waals surface area contributed by atoms with Gasteiger partial charge in [0.1, 0.15) is 53.2 Å². The van der Waals surface area contributed by atoms with Crippen LogP contribution in [-0.2, 0) is 42.9 Å². The Balaban J connectivity index is 1.51. The number of allylic oxidation sites excluding steroid dienone is 1. The van der Waals surface area contributed by atoms with Gasteiger partial charge in [-0.25, -0.2) is 0 Å². The predicted octanol–water partition coefficient (Wildman–Crippen LogP) is 2.22. The lowest BCUT2D eigenvalue weighted by Gasteiger charge is -2.67. The fraction of sp³-hybridized carbons (Fsp3) is 0.778. The van der Waals surface area contributed by atoms with Crippen molar-refractivity contribution in [2.45, 2.75) is 117 Å². The maximum Gasteiger partial charge on any atom is 0.303 e. The summed E-state index contributed by atoms with van der Waals surface area (Å²) in [6, 6.07) is 0. The number of hydrogen-bond acceptors (Lipinski definition) is 12. The average molecular weight is 673 g/mol. The van der Waals surface area contributed by atoms with Crippen LogP contribution in [0.4, 0.5) is 0 Å². The zero-order chi connectivity index (χ0) is 35.4. The lowest BCUT2D eigenvalue weighted by Crippen LogP contribution is -2.78. The highest BCUT2D eigenvalue weighted by molar-refractivity contribution is 5.94. The van der Waals surface area contributed by atoms with Crippen LogP contribution in [0.25, 0.3) is 0 Å². The molecular weight excluding hydrogens is 624 g/mol. The molecule has 0 aromatic carbocycles. The molecule has 264 valence electrons. The number of rotatable bonds is 3. The van der Waals surface area contributed by atoms with Crippen LogP contribution in [-0.4, -0.2) is 86.8 Å². The minimum absolute atomic E-state index is 0.0960. The van der Waals surface area contributed by atoms with E-state index in [1.54, 1.807) is 13.8 Å². The van der Waals surface area contributed by atoms with Crippen molar-refractivity contribution < 1.29 is 58.2 Å². The third-order valence-corrected chi connectivity index (χ3v) is 14.5. The average Bonchev–Trinajstić information content (AvgIpc) is 3.64. The second-order valence-corrected chi connectivity index (χ2v) is 16.5. The number of esters is 3. The fourth-order valence-corrected chi connectivity index (χ4v) is 12.6. The molecule has 0 radical (unpaired) electrons. The molecule has 1 unspecified atom stereocenters. The number of ether oxygens (including phenoxy) is 5. The van der Waals surface area contributed by atoms with Gasteiger partial charge in [-0.15, -0.1) is 0 Å². The molecule has 5 aliphatic carbocycles. The topological polar surface area (TPSA) is 178 Å². The number of Topliss-reactive ketones (excluding diaryl/α,β-unsaturated/α-hetero) is 1. The lowest BCUT2D eigenvalue weighted by molar-refractivity contribution is -0.282. The molecule has 0 aromatic heterocycles. The number of carbonyl (C=O) groups is 4. The van der Waals surface area contributed by atoms with Crippen LogP contribution >= 0.6 is 0 Å². The van der Waals surface area contributed by atoms with Gasteiger partial charge >= 0.3 is 17.9 Å². The molecule has 7 aliphatic rings. The highest BCUT2D eigenvalue weighted by Gasteiger charge is 2.84. The quantitative estimate of drug-likeness (QED) is 0.227. The second-order valence-electron chi connectivity index (χ2n) is 16.5. The Labute approximate surface area is 280 Å². The normalized spacial score (nSPS) is 55.8. The SMILES string of the molecule is C=C1OC2=C[C@@H](C)[C@H]3[C@@H]([C@H](OC(C)=O)[C@H]4[C@H]5C([C@H](C)[C@H](OC(C)=O)[C@]34C)[C@@]3(C)[C@@H](OC(C)=O)[C@H]4O[C@H]4C[C@]3(O)C(=O)[C@@H]5O)[C@@]2(C)[C@]1(C)O. The van der Waals surface area contributed by atoms with Crippen molar-refractivity contribution in [3.63, 3.8) is 0 Å². The van der Waals surface area contributed by atoms with Gasteiger partial charge in [0.2, 0.25) is 0 Å². The van der Waals surface area contributed by atoms with Gasteiger partial charge in [-0.1, -0.05) is 34.3 Å². The summed E-state index contributed by atoms with van der Waals surface area (Å²) in [7, 11) is 0. The molecule has 0 aromatic rings. The number of epoxide rings is 1. The van der Waals surface area contributed by atoms with Crippen molar-refractivity contribution in [1.29, 1.82) is 0 Å². The van der Waals surface area contributed by atoms with E-state index in [9.17, 15) is 34.5 Å². The summed E-state index contributed by atoms with van der Waals surface area (Å²) in [5.74, 6) is -6.45. The van der Waals surface area contributed by atoms with E-state index in [-0.39, 0.29) is 18.1 Å². The summed E-state index contributed by atoms with van der Waals surface area (Å²) < 4.78 is 30.5. The van der Waals surface area contributed by atoms with Gasteiger partial charge in [0.15, 0.2) is 5.78 Å².